The van der Waals surface area contributed by atoms with Gasteiger partial charge in [-0.1, -0.05) is 44.0 Å². The summed E-state index contributed by atoms with van der Waals surface area (Å²) in [6.45, 7) is 13.1. The number of esters is 2. The lowest BCUT2D eigenvalue weighted by Crippen LogP contribution is -2.61. The Labute approximate surface area is 233 Å². The predicted molar refractivity (Wildman–Crippen MR) is 141 cm³/mol. The third-order valence-corrected chi connectivity index (χ3v) is 5.30. The molecule has 1 aromatic carbocycles. The van der Waals surface area contributed by atoms with Crippen molar-refractivity contribution in [2.45, 2.75) is 51.0 Å². The number of aliphatic hydroxyl groups is 1. The molecular weight excluding hydrogens is 528 g/mol. The van der Waals surface area contributed by atoms with E-state index in [2.05, 4.69) is 19.7 Å². The first-order valence-electron chi connectivity index (χ1n) is 12.5. The number of ether oxygens (including phenoxy) is 8. The average Bonchev–Trinajstić information content (AvgIpc) is 2.92. The molecule has 1 fully saturated rings. The van der Waals surface area contributed by atoms with Crippen LogP contribution in [0, 0.1) is 0 Å². The lowest BCUT2D eigenvalue weighted by atomic mass is 9.98. The third-order valence-electron chi connectivity index (χ3n) is 5.30. The molecule has 0 aromatic heterocycles. The number of benzene rings is 1. The number of carbonyl (C=O) groups excluding carboxylic acids is 3. The monoisotopic (exact) mass is 564 g/mol. The minimum atomic E-state index is -1.52. The summed E-state index contributed by atoms with van der Waals surface area (Å²) in [5, 5.41) is 10.8. The van der Waals surface area contributed by atoms with Gasteiger partial charge >= 0.3 is 18.1 Å². The highest BCUT2D eigenvalue weighted by molar-refractivity contribution is 5.67. The van der Waals surface area contributed by atoms with Crippen LogP contribution in [0.2, 0.25) is 0 Å². The molecule has 0 amide bonds. The van der Waals surface area contributed by atoms with Crippen LogP contribution in [-0.4, -0.2) is 86.9 Å². The van der Waals surface area contributed by atoms with Gasteiger partial charge in [-0.2, -0.15) is 0 Å². The first-order valence-corrected chi connectivity index (χ1v) is 12.5. The lowest BCUT2D eigenvalue weighted by molar-refractivity contribution is -0.305. The highest BCUT2D eigenvalue weighted by atomic mass is 16.7. The molecule has 1 N–H and O–H groups in total. The molecule has 5 atom stereocenters. The van der Waals surface area contributed by atoms with Gasteiger partial charge in [0, 0.05) is 13.8 Å². The molecule has 220 valence electrons. The van der Waals surface area contributed by atoms with Crippen LogP contribution in [0.25, 0.3) is 0 Å². The lowest BCUT2D eigenvalue weighted by Gasteiger charge is -2.42. The number of rotatable bonds is 16. The third kappa shape index (κ3) is 10.4. The van der Waals surface area contributed by atoms with Gasteiger partial charge in [0.2, 0.25) is 0 Å². The van der Waals surface area contributed by atoms with Crippen LogP contribution in [0.4, 0.5) is 4.79 Å². The maximum Gasteiger partial charge on any atom is 0.508 e. The second-order valence-corrected chi connectivity index (χ2v) is 8.44. The standard InChI is InChI=1S/C28H36O12/c1-6-12-33-21-10-9-20(16-22(21)34-13-7-2)11-15-35-27-26(39-19(5)30)25(38-18(4)29)24(31)23(40-27)17-37-28(32)36-14-8-3/h6-10,16,23-27,31H,1-3,11-15,17H2,4-5H3/t23-,24-,25+,26-,27-/m1/s1. The highest BCUT2D eigenvalue weighted by Crippen LogP contribution is 2.30. The van der Waals surface area contributed by atoms with Crippen LogP contribution in [0.15, 0.2) is 56.2 Å². The van der Waals surface area contributed by atoms with Gasteiger partial charge in [-0.15, -0.1) is 0 Å². The maximum absolute atomic E-state index is 11.8. The van der Waals surface area contributed by atoms with Crippen molar-refractivity contribution in [1.82, 2.24) is 0 Å². The summed E-state index contributed by atoms with van der Waals surface area (Å²) >= 11 is 0. The number of hydrogen-bond acceptors (Lipinski definition) is 12. The SMILES string of the molecule is C=CCOC(=O)OC[C@H]1O[C@@H](OCCc2ccc(OCC=C)c(OCC=C)c2)[C@H](OC(C)=O)[C@@H](OC(C)=O)[C@@H]1O. The summed E-state index contributed by atoms with van der Waals surface area (Å²) in [6.07, 6.45) is -2.73. The van der Waals surface area contributed by atoms with E-state index in [0.717, 1.165) is 19.4 Å². The van der Waals surface area contributed by atoms with Gasteiger partial charge < -0.3 is 43.0 Å². The van der Waals surface area contributed by atoms with Gasteiger partial charge in [0.1, 0.15) is 38.6 Å². The van der Waals surface area contributed by atoms with Crippen molar-refractivity contribution >= 4 is 18.1 Å². The summed E-state index contributed by atoms with van der Waals surface area (Å²) in [6, 6.07) is 5.36. The second-order valence-electron chi connectivity index (χ2n) is 8.44. The van der Waals surface area contributed by atoms with Gasteiger partial charge in [-0.05, 0) is 24.1 Å². The average molecular weight is 565 g/mol. The largest absolute Gasteiger partial charge is 0.508 e. The molecule has 40 heavy (non-hydrogen) atoms. The van der Waals surface area contributed by atoms with Crippen molar-refractivity contribution in [3.63, 3.8) is 0 Å². The van der Waals surface area contributed by atoms with Crippen molar-refractivity contribution < 1.29 is 57.4 Å². The minimum Gasteiger partial charge on any atom is -0.486 e. The molecule has 0 spiro atoms. The van der Waals surface area contributed by atoms with Crippen LogP contribution < -0.4 is 9.47 Å². The Hall–Kier alpha value is -3.87. The molecule has 0 aliphatic carbocycles. The summed E-state index contributed by atoms with van der Waals surface area (Å²) in [7, 11) is 0. The fourth-order valence-electron chi connectivity index (χ4n) is 3.65. The summed E-state index contributed by atoms with van der Waals surface area (Å²) in [5.41, 5.74) is 0.825. The zero-order chi connectivity index (χ0) is 29.5. The van der Waals surface area contributed by atoms with E-state index in [4.69, 9.17) is 37.9 Å². The fourth-order valence-corrected chi connectivity index (χ4v) is 3.65. The zero-order valence-corrected chi connectivity index (χ0v) is 22.7. The Kier molecular flexibility index (Phi) is 13.7. The molecule has 1 heterocycles. The first-order chi connectivity index (χ1) is 19.2. The Balaban J connectivity index is 2.18. The topological polar surface area (TPSA) is 145 Å². The number of hydrogen-bond donors (Lipinski definition) is 1. The number of carbonyl (C=O) groups is 3. The van der Waals surface area contributed by atoms with Gasteiger partial charge in [-0.25, -0.2) is 4.79 Å². The first kappa shape index (κ1) is 32.3. The molecule has 0 bridgehead atoms. The fraction of sp³-hybridized carbons (Fsp3) is 0.464. The van der Waals surface area contributed by atoms with Gasteiger partial charge in [0.25, 0.3) is 0 Å². The molecule has 2 rings (SSSR count). The molecule has 0 radical (unpaired) electrons. The van der Waals surface area contributed by atoms with Crippen molar-refractivity contribution in [1.29, 1.82) is 0 Å². The van der Waals surface area contributed by atoms with E-state index in [-0.39, 0.29) is 19.8 Å². The molecular formula is C28H36O12. The molecule has 0 unspecified atom stereocenters. The van der Waals surface area contributed by atoms with E-state index in [1.807, 2.05) is 6.07 Å². The Morgan fingerprint density at radius 3 is 2.15 bits per heavy atom. The van der Waals surface area contributed by atoms with Crippen LogP contribution in [0.3, 0.4) is 0 Å². The Bertz CT molecular complexity index is 1020. The van der Waals surface area contributed by atoms with Gasteiger partial charge in [0.05, 0.1) is 6.61 Å². The van der Waals surface area contributed by atoms with Crippen molar-refractivity contribution in [3.8, 4) is 11.5 Å². The summed E-state index contributed by atoms with van der Waals surface area (Å²) < 4.78 is 43.3. The molecule has 12 nitrogen and oxygen atoms in total. The van der Waals surface area contributed by atoms with E-state index in [9.17, 15) is 19.5 Å². The maximum atomic E-state index is 11.8. The number of aliphatic hydroxyl groups excluding tert-OH is 1. The van der Waals surface area contributed by atoms with E-state index in [0.29, 0.717) is 24.5 Å². The summed E-state index contributed by atoms with van der Waals surface area (Å²) in [5.74, 6) is -0.416. The van der Waals surface area contributed by atoms with E-state index < -0.39 is 55.4 Å². The quantitative estimate of drug-likeness (QED) is 0.179. The molecule has 0 saturated carbocycles. The Morgan fingerprint density at radius 1 is 0.900 bits per heavy atom. The molecule has 1 saturated heterocycles. The van der Waals surface area contributed by atoms with Crippen molar-refractivity contribution in [3.05, 3.63) is 61.7 Å². The van der Waals surface area contributed by atoms with E-state index >= 15 is 0 Å². The van der Waals surface area contributed by atoms with Crippen molar-refractivity contribution in [2.24, 2.45) is 0 Å². The summed E-state index contributed by atoms with van der Waals surface area (Å²) in [4.78, 5) is 35.4. The van der Waals surface area contributed by atoms with Crippen LogP contribution >= 0.6 is 0 Å². The predicted octanol–water partition coefficient (Wildman–Crippen LogP) is 2.66. The minimum absolute atomic E-state index is 0.0635. The molecule has 1 aromatic rings. The van der Waals surface area contributed by atoms with Crippen LogP contribution in [0.1, 0.15) is 19.4 Å². The smallest absolute Gasteiger partial charge is 0.486 e. The van der Waals surface area contributed by atoms with Crippen molar-refractivity contribution in [2.75, 3.05) is 33.0 Å². The Morgan fingerprint density at radius 2 is 1.52 bits per heavy atom. The molecule has 1 aliphatic heterocycles. The van der Waals surface area contributed by atoms with Gasteiger partial charge in [0.15, 0.2) is 30.0 Å². The second kappa shape index (κ2) is 17.0. The van der Waals surface area contributed by atoms with Gasteiger partial charge in [-0.3, -0.25) is 9.59 Å². The molecule has 1 aliphatic rings. The highest BCUT2D eigenvalue weighted by Gasteiger charge is 2.50. The zero-order valence-electron chi connectivity index (χ0n) is 22.7. The van der Waals surface area contributed by atoms with Crippen LogP contribution in [0.5, 0.6) is 11.5 Å². The van der Waals surface area contributed by atoms with E-state index in [1.165, 1.54) is 6.08 Å². The molecule has 12 heteroatoms. The normalized spacial score (nSPS) is 21.8. The van der Waals surface area contributed by atoms with E-state index in [1.54, 1.807) is 24.3 Å². The van der Waals surface area contributed by atoms with Crippen LogP contribution in [-0.2, 0) is 44.4 Å².